The van der Waals surface area contributed by atoms with Gasteiger partial charge >= 0.3 is 0 Å². The third-order valence-corrected chi connectivity index (χ3v) is 5.21. The summed E-state index contributed by atoms with van der Waals surface area (Å²) in [5.74, 6) is -0.629. The van der Waals surface area contributed by atoms with E-state index in [2.05, 4.69) is 28.8 Å². The van der Waals surface area contributed by atoms with Crippen LogP contribution in [0.4, 0.5) is 5.69 Å². The maximum atomic E-state index is 12.4. The fraction of sp³-hybridized carbons (Fsp3) is 0.364. The molecule has 1 aliphatic rings. The topological polar surface area (TPSA) is 84.2 Å². The van der Waals surface area contributed by atoms with Crippen LogP contribution in [0.5, 0.6) is 0 Å². The highest BCUT2D eigenvalue weighted by atomic mass is 16.2. The number of rotatable bonds is 6. The molecular weight excluding hydrogens is 338 g/mol. The Labute approximate surface area is 160 Å². The fourth-order valence-electron chi connectivity index (χ4n) is 3.72. The molecule has 0 spiro atoms. The number of anilines is 1. The number of nitrogens with two attached hydrogens (primary N) is 1. The van der Waals surface area contributed by atoms with Crippen LogP contribution in [0.25, 0.3) is 0 Å². The molecular formula is C22H27N3O2. The van der Waals surface area contributed by atoms with E-state index in [1.165, 1.54) is 24.0 Å². The van der Waals surface area contributed by atoms with Crippen molar-refractivity contribution < 1.29 is 9.59 Å². The number of carbonyl (C=O) groups excluding carboxylic acids is 2. The smallest absolute Gasteiger partial charge is 0.251 e. The van der Waals surface area contributed by atoms with Crippen molar-refractivity contribution in [3.8, 4) is 0 Å². The predicted octanol–water partition coefficient (Wildman–Crippen LogP) is 3.26. The number of hydrogen-bond acceptors (Lipinski definition) is 3. The first-order valence-corrected chi connectivity index (χ1v) is 9.50. The van der Waals surface area contributed by atoms with Gasteiger partial charge in [0.1, 0.15) is 0 Å². The minimum absolute atomic E-state index is 0.0698. The molecule has 142 valence electrons. The minimum atomic E-state index is -0.501. The quantitative estimate of drug-likeness (QED) is 0.735. The van der Waals surface area contributed by atoms with Crippen LogP contribution in [0.2, 0.25) is 0 Å². The molecule has 5 nitrogen and oxygen atoms in total. The Morgan fingerprint density at radius 1 is 1.11 bits per heavy atom. The maximum absolute atomic E-state index is 12.4. The average molecular weight is 365 g/mol. The normalized spacial score (nSPS) is 14.1. The van der Waals surface area contributed by atoms with Crippen LogP contribution in [-0.2, 0) is 17.6 Å². The summed E-state index contributed by atoms with van der Waals surface area (Å²) in [6, 6.07) is 11.9. The number of carbonyl (C=O) groups is 2. The Morgan fingerprint density at radius 2 is 1.85 bits per heavy atom. The molecule has 5 heteroatoms. The molecule has 3 rings (SSSR count). The third-order valence-electron chi connectivity index (χ3n) is 5.21. The average Bonchev–Trinajstić information content (AvgIpc) is 2.65. The lowest BCUT2D eigenvalue weighted by atomic mass is 9.89. The van der Waals surface area contributed by atoms with Gasteiger partial charge in [-0.05, 0) is 67.9 Å². The molecule has 2 amide bonds. The Balaban J connectivity index is 1.61. The molecule has 0 fully saturated rings. The Kier molecular flexibility index (Phi) is 5.79. The van der Waals surface area contributed by atoms with Gasteiger partial charge in [-0.25, -0.2) is 0 Å². The van der Waals surface area contributed by atoms with Gasteiger partial charge in [0, 0.05) is 5.69 Å². The van der Waals surface area contributed by atoms with E-state index < -0.39 is 5.91 Å². The monoisotopic (exact) mass is 365 g/mol. The second kappa shape index (κ2) is 8.25. The Bertz CT molecular complexity index is 861. The number of benzene rings is 2. The van der Waals surface area contributed by atoms with Gasteiger partial charge in [-0.2, -0.15) is 0 Å². The van der Waals surface area contributed by atoms with E-state index in [0.717, 1.165) is 24.0 Å². The molecule has 1 unspecified atom stereocenters. The zero-order valence-corrected chi connectivity index (χ0v) is 16.0. The molecule has 2 aromatic rings. The molecule has 0 saturated carbocycles. The van der Waals surface area contributed by atoms with E-state index in [4.69, 9.17) is 5.73 Å². The van der Waals surface area contributed by atoms with Gasteiger partial charge < -0.3 is 16.4 Å². The minimum Gasteiger partial charge on any atom is -0.376 e. The standard InChI is InChI=1S/C22H27N3O2/c1-14-6-5-9-19(21(14)22(23)27)24-13-20(26)25-15(2)17-11-10-16-7-3-4-8-18(16)12-17/h5-6,9-12,15,24H,3-4,7-8,13H2,1-2H3,(H2,23,27)(H,25,26). The first kappa shape index (κ1) is 19.0. The number of fused-ring (bicyclic) bond motifs is 1. The molecule has 4 N–H and O–H groups in total. The fourth-order valence-corrected chi connectivity index (χ4v) is 3.72. The van der Waals surface area contributed by atoms with E-state index >= 15 is 0 Å². The summed E-state index contributed by atoms with van der Waals surface area (Å²) < 4.78 is 0. The first-order chi connectivity index (χ1) is 13.0. The molecule has 0 bridgehead atoms. The SMILES string of the molecule is Cc1cccc(NCC(=O)NC(C)c2ccc3c(c2)CCCC3)c1C(N)=O. The molecule has 2 aromatic carbocycles. The van der Waals surface area contributed by atoms with E-state index in [9.17, 15) is 9.59 Å². The number of hydrogen-bond donors (Lipinski definition) is 3. The molecule has 1 atom stereocenters. The summed E-state index contributed by atoms with van der Waals surface area (Å²) in [6.45, 7) is 3.90. The summed E-state index contributed by atoms with van der Waals surface area (Å²) in [5, 5.41) is 6.05. The highest BCUT2D eigenvalue weighted by molar-refractivity contribution is 6.00. The molecule has 0 aromatic heterocycles. The highest BCUT2D eigenvalue weighted by Gasteiger charge is 2.15. The van der Waals surface area contributed by atoms with Gasteiger partial charge in [-0.15, -0.1) is 0 Å². The van der Waals surface area contributed by atoms with Crippen LogP contribution in [0, 0.1) is 6.92 Å². The largest absolute Gasteiger partial charge is 0.376 e. The Morgan fingerprint density at radius 3 is 2.59 bits per heavy atom. The van der Waals surface area contributed by atoms with Crippen molar-refractivity contribution in [2.24, 2.45) is 5.73 Å². The molecule has 0 radical (unpaired) electrons. The lowest BCUT2D eigenvalue weighted by molar-refractivity contribution is -0.120. The molecule has 0 heterocycles. The number of amides is 2. The summed E-state index contributed by atoms with van der Waals surface area (Å²) in [7, 11) is 0. The van der Waals surface area contributed by atoms with Crippen molar-refractivity contribution in [1.29, 1.82) is 0 Å². The van der Waals surface area contributed by atoms with Gasteiger partial charge in [0.25, 0.3) is 5.91 Å². The van der Waals surface area contributed by atoms with Crippen molar-refractivity contribution in [2.45, 2.75) is 45.6 Å². The predicted molar refractivity (Wildman–Crippen MR) is 108 cm³/mol. The van der Waals surface area contributed by atoms with Crippen molar-refractivity contribution >= 4 is 17.5 Å². The third kappa shape index (κ3) is 4.48. The maximum Gasteiger partial charge on any atom is 0.251 e. The van der Waals surface area contributed by atoms with E-state index in [-0.39, 0.29) is 18.5 Å². The van der Waals surface area contributed by atoms with E-state index in [1.54, 1.807) is 6.07 Å². The van der Waals surface area contributed by atoms with Crippen LogP contribution >= 0.6 is 0 Å². The summed E-state index contributed by atoms with van der Waals surface area (Å²) >= 11 is 0. The lowest BCUT2D eigenvalue weighted by Gasteiger charge is -2.20. The molecule has 0 aliphatic heterocycles. The van der Waals surface area contributed by atoms with Crippen molar-refractivity contribution in [3.05, 3.63) is 64.2 Å². The number of primary amides is 1. The van der Waals surface area contributed by atoms with E-state index in [0.29, 0.717) is 11.3 Å². The second-order valence-electron chi connectivity index (χ2n) is 7.24. The van der Waals surface area contributed by atoms with Crippen molar-refractivity contribution in [1.82, 2.24) is 5.32 Å². The van der Waals surface area contributed by atoms with Gasteiger partial charge in [0.2, 0.25) is 5.91 Å². The summed E-state index contributed by atoms with van der Waals surface area (Å²) in [5.41, 5.74) is 11.2. The van der Waals surface area contributed by atoms with Crippen molar-refractivity contribution in [2.75, 3.05) is 11.9 Å². The van der Waals surface area contributed by atoms with Gasteiger partial charge in [-0.1, -0.05) is 30.3 Å². The number of nitrogens with one attached hydrogen (secondary N) is 2. The van der Waals surface area contributed by atoms with Crippen LogP contribution in [-0.4, -0.2) is 18.4 Å². The second-order valence-corrected chi connectivity index (χ2v) is 7.24. The Hall–Kier alpha value is -2.82. The zero-order valence-electron chi connectivity index (χ0n) is 16.0. The summed E-state index contributed by atoms with van der Waals surface area (Å²) in [6.07, 6.45) is 4.77. The van der Waals surface area contributed by atoms with Crippen LogP contribution in [0.1, 0.15) is 58.4 Å². The van der Waals surface area contributed by atoms with Gasteiger partial charge in [0.15, 0.2) is 0 Å². The number of aryl methyl sites for hydroxylation is 3. The first-order valence-electron chi connectivity index (χ1n) is 9.50. The molecule has 0 saturated heterocycles. The van der Waals surface area contributed by atoms with Gasteiger partial charge in [-0.3, -0.25) is 9.59 Å². The van der Waals surface area contributed by atoms with Crippen molar-refractivity contribution in [3.63, 3.8) is 0 Å². The molecule has 27 heavy (non-hydrogen) atoms. The van der Waals surface area contributed by atoms with Crippen LogP contribution < -0.4 is 16.4 Å². The molecule has 1 aliphatic carbocycles. The van der Waals surface area contributed by atoms with E-state index in [1.807, 2.05) is 26.0 Å². The lowest BCUT2D eigenvalue weighted by Crippen LogP contribution is -2.32. The highest BCUT2D eigenvalue weighted by Crippen LogP contribution is 2.25. The van der Waals surface area contributed by atoms with Crippen LogP contribution in [0.3, 0.4) is 0 Å². The van der Waals surface area contributed by atoms with Crippen LogP contribution in [0.15, 0.2) is 36.4 Å². The zero-order chi connectivity index (χ0) is 19.4. The van der Waals surface area contributed by atoms with Gasteiger partial charge in [0.05, 0.1) is 18.2 Å². The summed E-state index contributed by atoms with van der Waals surface area (Å²) in [4.78, 5) is 24.0.